The highest BCUT2D eigenvalue weighted by molar-refractivity contribution is 7.16. The van der Waals surface area contributed by atoms with Crippen LogP contribution in [0.4, 0.5) is 26.1 Å². The number of aromatic nitrogens is 5. The van der Waals surface area contributed by atoms with Crippen LogP contribution in [0.3, 0.4) is 0 Å². The molecular weight excluding hydrogens is 712 g/mol. The Bertz CT molecular complexity index is 2220. The number of carbonyl (C=O) groups excluding carboxylic acids is 2. The zero-order valence-corrected chi connectivity index (χ0v) is 31.5. The summed E-state index contributed by atoms with van der Waals surface area (Å²) in [6.45, 7) is 9.26. The first kappa shape index (κ1) is 36.7. The van der Waals surface area contributed by atoms with E-state index in [0.717, 1.165) is 28.3 Å². The fraction of sp³-hybridized carbons (Fsp3) is 0.395. The number of aliphatic hydroxyl groups is 1. The van der Waals surface area contributed by atoms with Crippen LogP contribution in [0.2, 0.25) is 0 Å². The third kappa shape index (κ3) is 7.29. The topological polar surface area (TPSA) is 156 Å². The SMILES string of the molecule is CCc1nc2ccc(-c3cnc(N4CCN(C(=O)[C@@H]5C[C@@H](O)CN5C(=O)OC(C)(C)C)CC4)nc3)cn2c1N(C)c1nc(-c2ccc(F)cc2)c(C#N)s1. The first-order chi connectivity index (χ1) is 25.8. The normalized spacial score (nSPS) is 17.6. The van der Waals surface area contributed by atoms with Crippen LogP contribution in [0.1, 0.15) is 44.7 Å². The van der Waals surface area contributed by atoms with Gasteiger partial charge in [0.1, 0.15) is 45.6 Å². The molecule has 5 aromatic rings. The van der Waals surface area contributed by atoms with Crippen molar-refractivity contribution in [1.29, 1.82) is 5.26 Å². The molecule has 54 heavy (non-hydrogen) atoms. The van der Waals surface area contributed by atoms with Crippen LogP contribution in [0.15, 0.2) is 55.0 Å². The number of carbonyl (C=O) groups is 2. The first-order valence-electron chi connectivity index (χ1n) is 17.8. The molecule has 4 aromatic heterocycles. The fourth-order valence-electron chi connectivity index (χ4n) is 6.81. The van der Waals surface area contributed by atoms with E-state index >= 15 is 0 Å². The number of benzene rings is 1. The van der Waals surface area contributed by atoms with Gasteiger partial charge >= 0.3 is 6.09 Å². The molecule has 1 aromatic carbocycles. The number of fused-ring (bicyclic) bond motifs is 1. The van der Waals surface area contributed by atoms with Crippen molar-refractivity contribution >= 4 is 45.9 Å². The number of aliphatic hydroxyl groups excluding tert-OH is 1. The molecular formula is C38H41FN10O4S. The van der Waals surface area contributed by atoms with Crippen molar-refractivity contribution in [2.45, 2.75) is 58.3 Å². The van der Waals surface area contributed by atoms with Gasteiger partial charge in [0.15, 0.2) is 5.13 Å². The lowest BCUT2D eigenvalue weighted by Crippen LogP contribution is -2.55. The van der Waals surface area contributed by atoms with E-state index in [2.05, 4.69) is 16.0 Å². The number of anilines is 3. The predicted molar refractivity (Wildman–Crippen MR) is 202 cm³/mol. The van der Waals surface area contributed by atoms with Crippen LogP contribution in [-0.4, -0.2) is 109 Å². The summed E-state index contributed by atoms with van der Waals surface area (Å²) in [5, 5.41) is 20.8. The Morgan fingerprint density at radius 1 is 1.04 bits per heavy atom. The highest BCUT2D eigenvalue weighted by Crippen LogP contribution is 2.37. The molecule has 0 aliphatic carbocycles. The van der Waals surface area contributed by atoms with E-state index in [0.29, 0.717) is 59.8 Å². The van der Waals surface area contributed by atoms with Crippen LogP contribution in [0, 0.1) is 17.1 Å². The second-order valence-corrected chi connectivity index (χ2v) is 15.3. The van der Waals surface area contributed by atoms with Crippen molar-refractivity contribution in [2.75, 3.05) is 49.6 Å². The molecule has 1 N–H and O–H groups in total. The number of piperazine rings is 1. The molecule has 16 heteroatoms. The van der Waals surface area contributed by atoms with Crippen LogP contribution in [0.5, 0.6) is 0 Å². The van der Waals surface area contributed by atoms with Gasteiger partial charge in [-0.2, -0.15) is 5.26 Å². The van der Waals surface area contributed by atoms with Gasteiger partial charge in [-0.25, -0.2) is 29.1 Å². The number of likely N-dealkylation sites (tertiary alicyclic amines) is 1. The summed E-state index contributed by atoms with van der Waals surface area (Å²) < 4.78 is 21.1. The minimum atomic E-state index is -0.784. The van der Waals surface area contributed by atoms with Crippen LogP contribution >= 0.6 is 11.3 Å². The van der Waals surface area contributed by atoms with E-state index in [1.54, 1.807) is 50.2 Å². The van der Waals surface area contributed by atoms with Crippen LogP contribution in [-0.2, 0) is 16.0 Å². The van der Waals surface area contributed by atoms with Gasteiger partial charge in [-0.05, 0) is 63.6 Å². The van der Waals surface area contributed by atoms with Crippen LogP contribution in [0.25, 0.3) is 28.0 Å². The van der Waals surface area contributed by atoms with Gasteiger partial charge in [-0.3, -0.25) is 14.1 Å². The van der Waals surface area contributed by atoms with Gasteiger partial charge in [0, 0.05) is 74.9 Å². The summed E-state index contributed by atoms with van der Waals surface area (Å²) in [7, 11) is 1.89. The molecule has 6 heterocycles. The Kier molecular flexibility index (Phi) is 9.94. The fourth-order valence-corrected chi connectivity index (χ4v) is 7.66. The van der Waals surface area contributed by atoms with Crippen molar-refractivity contribution in [2.24, 2.45) is 0 Å². The Morgan fingerprint density at radius 2 is 1.72 bits per heavy atom. The van der Waals surface area contributed by atoms with Gasteiger partial charge < -0.3 is 24.5 Å². The summed E-state index contributed by atoms with van der Waals surface area (Å²) in [5.41, 5.74) is 3.73. The number of thiazole rings is 1. The summed E-state index contributed by atoms with van der Waals surface area (Å²) in [6.07, 6.45) is 4.99. The number of nitrogens with zero attached hydrogens (tertiary/aromatic N) is 10. The summed E-state index contributed by atoms with van der Waals surface area (Å²) in [5.74, 6) is 0.796. The zero-order valence-electron chi connectivity index (χ0n) is 30.7. The average Bonchev–Trinajstić information content (AvgIpc) is 3.88. The van der Waals surface area contributed by atoms with Gasteiger partial charge in [-0.15, -0.1) is 0 Å². The third-order valence-corrected chi connectivity index (χ3v) is 10.5. The second kappa shape index (κ2) is 14.6. The Labute approximate surface area is 316 Å². The number of hydrogen-bond acceptors (Lipinski definition) is 12. The summed E-state index contributed by atoms with van der Waals surface area (Å²) in [6, 6.07) is 11.3. The Hall–Kier alpha value is -5.66. The second-order valence-electron chi connectivity index (χ2n) is 14.4. The average molecular weight is 753 g/mol. The van der Waals surface area contributed by atoms with E-state index in [1.165, 1.54) is 28.4 Å². The van der Waals surface area contributed by atoms with Crippen molar-refractivity contribution < 1.29 is 23.8 Å². The van der Waals surface area contributed by atoms with Crippen molar-refractivity contribution in [1.82, 2.24) is 34.1 Å². The smallest absolute Gasteiger partial charge is 0.411 e. The molecule has 2 amide bonds. The van der Waals surface area contributed by atoms with E-state index in [1.807, 2.05) is 46.5 Å². The van der Waals surface area contributed by atoms with E-state index in [-0.39, 0.29) is 24.7 Å². The number of pyridine rings is 1. The molecule has 2 fully saturated rings. The molecule has 2 aliphatic rings. The number of aryl methyl sites for hydroxylation is 1. The quantitative estimate of drug-likeness (QED) is 0.231. The standard InChI is InChI=1S/C38H41FN10O4S/c1-6-28-33(45(5)36-44-32(30(18-40)54-36)23-7-10-26(39)11-8-23)49-21-24(9-12-31(49)43-28)25-19-41-35(42-20-25)47-15-13-46(14-16-47)34(51)29-17-27(50)22-48(29)37(52)53-38(2,3)4/h7-12,19-21,27,29,50H,6,13-17,22H2,1-5H3/t27-,29+/m1/s1. The Balaban J connectivity index is 1.06. The number of nitriles is 1. The molecule has 14 nitrogen and oxygen atoms in total. The molecule has 2 atom stereocenters. The minimum Gasteiger partial charge on any atom is -0.444 e. The molecule has 0 unspecified atom stereocenters. The van der Waals surface area contributed by atoms with Crippen molar-refractivity contribution in [3.63, 3.8) is 0 Å². The molecule has 2 aliphatic heterocycles. The summed E-state index contributed by atoms with van der Waals surface area (Å²) in [4.78, 5) is 52.8. The third-order valence-electron chi connectivity index (χ3n) is 9.48. The predicted octanol–water partition coefficient (Wildman–Crippen LogP) is 5.27. The molecule has 280 valence electrons. The Morgan fingerprint density at radius 3 is 2.37 bits per heavy atom. The van der Waals surface area contributed by atoms with Crippen molar-refractivity contribution in [3.8, 4) is 28.5 Å². The van der Waals surface area contributed by atoms with Gasteiger partial charge in [0.05, 0.1) is 18.3 Å². The lowest BCUT2D eigenvalue weighted by molar-refractivity contribution is -0.136. The molecule has 2 saturated heterocycles. The minimum absolute atomic E-state index is 0.0613. The number of rotatable bonds is 7. The number of imidazole rings is 1. The van der Waals surface area contributed by atoms with E-state index in [4.69, 9.17) is 14.7 Å². The molecule has 7 rings (SSSR count). The number of hydrogen-bond donors (Lipinski definition) is 1. The van der Waals surface area contributed by atoms with Crippen molar-refractivity contribution in [3.05, 3.63) is 71.4 Å². The zero-order chi connectivity index (χ0) is 38.3. The molecule has 0 radical (unpaired) electrons. The largest absolute Gasteiger partial charge is 0.444 e. The first-order valence-corrected chi connectivity index (χ1v) is 18.6. The maximum atomic E-state index is 13.6. The van der Waals surface area contributed by atoms with Gasteiger partial charge in [-0.1, -0.05) is 18.3 Å². The molecule has 0 spiro atoms. The number of β-amino-alcohol motifs (C(OH)–C–C–N with tert-alkyl or cyclic N) is 1. The highest BCUT2D eigenvalue weighted by atomic mass is 32.1. The van der Waals surface area contributed by atoms with Crippen LogP contribution < -0.4 is 9.80 Å². The number of ether oxygens (including phenoxy) is 1. The monoisotopic (exact) mass is 752 g/mol. The maximum Gasteiger partial charge on any atom is 0.411 e. The lowest BCUT2D eigenvalue weighted by atomic mass is 10.1. The molecule has 0 bridgehead atoms. The van der Waals surface area contributed by atoms with E-state index < -0.39 is 23.8 Å². The number of amides is 2. The van der Waals surface area contributed by atoms with Gasteiger partial charge in [0.25, 0.3) is 0 Å². The maximum absolute atomic E-state index is 13.6. The number of halogens is 1. The highest BCUT2D eigenvalue weighted by Gasteiger charge is 2.43. The summed E-state index contributed by atoms with van der Waals surface area (Å²) >= 11 is 1.26. The van der Waals surface area contributed by atoms with Gasteiger partial charge in [0.2, 0.25) is 11.9 Å². The lowest BCUT2D eigenvalue weighted by Gasteiger charge is -2.37. The molecule has 0 saturated carbocycles. The van der Waals surface area contributed by atoms with E-state index in [9.17, 15) is 24.3 Å².